The molecule has 4 nitrogen and oxygen atoms in total. The highest BCUT2D eigenvalue weighted by Gasteiger charge is 2.26. The Hall–Kier alpha value is -2.34. The molecule has 0 radical (unpaired) electrons. The van der Waals surface area contributed by atoms with Gasteiger partial charge < -0.3 is 9.50 Å². The predicted molar refractivity (Wildman–Crippen MR) is 96.7 cm³/mol. The highest BCUT2D eigenvalue weighted by atomic mass is 32.2. The van der Waals surface area contributed by atoms with Crippen molar-refractivity contribution in [3.8, 4) is 5.75 Å². The summed E-state index contributed by atoms with van der Waals surface area (Å²) in [5, 5.41) is 3.21. The standard InChI is InChI=1S/C19H20FNO3S/c1-12-5-7-14(8-6-12)25(22,23)24-18-9-15-13(2)11-19(3,4)21-17(15)10-16(18)20/h5-11,21H,1-4H3. The van der Waals surface area contributed by atoms with Gasteiger partial charge in [0.15, 0.2) is 11.6 Å². The van der Waals surface area contributed by atoms with Crippen LogP contribution in [-0.2, 0) is 10.1 Å². The fourth-order valence-electron chi connectivity index (χ4n) is 2.92. The molecule has 0 saturated carbocycles. The molecule has 1 heterocycles. The van der Waals surface area contributed by atoms with Crippen molar-refractivity contribution in [2.75, 3.05) is 5.32 Å². The van der Waals surface area contributed by atoms with Crippen molar-refractivity contribution < 1.29 is 17.0 Å². The molecule has 6 heteroatoms. The van der Waals surface area contributed by atoms with Gasteiger partial charge in [0.1, 0.15) is 4.90 Å². The van der Waals surface area contributed by atoms with Crippen LogP contribution >= 0.6 is 0 Å². The summed E-state index contributed by atoms with van der Waals surface area (Å²) in [5.74, 6) is -1.04. The Kier molecular flexibility index (Phi) is 4.11. The summed E-state index contributed by atoms with van der Waals surface area (Å²) in [4.78, 5) is -0.0123. The van der Waals surface area contributed by atoms with E-state index in [4.69, 9.17) is 4.18 Å². The number of anilines is 1. The van der Waals surface area contributed by atoms with Gasteiger partial charge in [-0.25, -0.2) is 4.39 Å². The maximum atomic E-state index is 14.4. The van der Waals surface area contributed by atoms with Gasteiger partial charge in [0, 0.05) is 17.3 Å². The maximum Gasteiger partial charge on any atom is 0.339 e. The van der Waals surface area contributed by atoms with Gasteiger partial charge in [0.25, 0.3) is 0 Å². The van der Waals surface area contributed by atoms with Crippen molar-refractivity contribution in [2.24, 2.45) is 0 Å². The third kappa shape index (κ3) is 3.54. The van der Waals surface area contributed by atoms with Crippen molar-refractivity contribution in [1.29, 1.82) is 0 Å². The van der Waals surface area contributed by atoms with Gasteiger partial charge in [-0.1, -0.05) is 23.8 Å². The topological polar surface area (TPSA) is 55.4 Å². The molecule has 0 bridgehead atoms. The minimum absolute atomic E-state index is 0.0123. The van der Waals surface area contributed by atoms with Crippen molar-refractivity contribution in [3.05, 3.63) is 59.4 Å². The van der Waals surface area contributed by atoms with E-state index < -0.39 is 15.9 Å². The molecular weight excluding hydrogens is 341 g/mol. The Balaban J connectivity index is 1.99. The molecular formula is C19H20FNO3S. The summed E-state index contributed by atoms with van der Waals surface area (Å²) in [7, 11) is -4.10. The van der Waals surface area contributed by atoms with Gasteiger partial charge in [0.2, 0.25) is 0 Å². The second kappa shape index (κ2) is 5.88. The zero-order chi connectivity index (χ0) is 18.4. The molecule has 25 heavy (non-hydrogen) atoms. The molecule has 0 aliphatic carbocycles. The molecule has 0 spiro atoms. The van der Waals surface area contributed by atoms with Gasteiger partial charge in [-0.2, -0.15) is 8.42 Å². The molecule has 1 aliphatic rings. The second-order valence-electron chi connectivity index (χ2n) is 6.85. The number of nitrogens with one attached hydrogen (secondary N) is 1. The molecule has 3 rings (SSSR count). The number of fused-ring (bicyclic) bond motifs is 1. The third-order valence-corrected chi connectivity index (χ3v) is 5.29. The van der Waals surface area contributed by atoms with Crippen LogP contribution in [0.1, 0.15) is 31.9 Å². The van der Waals surface area contributed by atoms with Crippen LogP contribution in [0.5, 0.6) is 5.75 Å². The summed E-state index contributed by atoms with van der Waals surface area (Å²) in [5.41, 5.74) is 2.88. The minimum atomic E-state index is -4.10. The second-order valence-corrected chi connectivity index (χ2v) is 8.40. The van der Waals surface area contributed by atoms with Gasteiger partial charge in [-0.05, 0) is 51.5 Å². The number of allylic oxidation sites excluding steroid dienone is 1. The van der Waals surface area contributed by atoms with E-state index in [9.17, 15) is 12.8 Å². The normalized spacial score (nSPS) is 15.8. The number of rotatable bonds is 3. The minimum Gasteiger partial charge on any atom is -0.376 e. The summed E-state index contributed by atoms with van der Waals surface area (Å²) in [6.45, 7) is 7.70. The Morgan fingerprint density at radius 1 is 1.08 bits per heavy atom. The van der Waals surface area contributed by atoms with E-state index >= 15 is 0 Å². The van der Waals surface area contributed by atoms with E-state index in [1.807, 2.05) is 33.8 Å². The molecule has 1 N–H and O–H groups in total. The molecule has 2 aromatic carbocycles. The largest absolute Gasteiger partial charge is 0.376 e. The molecule has 0 fully saturated rings. The SMILES string of the molecule is CC1=CC(C)(C)Nc2cc(F)c(OS(=O)(=O)c3ccc(C)cc3)cc21. The van der Waals surface area contributed by atoms with E-state index in [0.29, 0.717) is 5.69 Å². The highest BCUT2D eigenvalue weighted by Crippen LogP contribution is 2.38. The molecule has 0 saturated heterocycles. The molecule has 0 amide bonds. The maximum absolute atomic E-state index is 14.4. The van der Waals surface area contributed by atoms with Crippen LogP contribution in [0, 0.1) is 12.7 Å². The van der Waals surface area contributed by atoms with Gasteiger partial charge >= 0.3 is 10.1 Å². The van der Waals surface area contributed by atoms with Crippen LogP contribution in [0.3, 0.4) is 0 Å². The summed E-state index contributed by atoms with van der Waals surface area (Å²) in [6, 6.07) is 8.90. The van der Waals surface area contributed by atoms with E-state index in [-0.39, 0.29) is 16.2 Å². The van der Waals surface area contributed by atoms with Crippen LogP contribution in [0.4, 0.5) is 10.1 Å². The predicted octanol–water partition coefficient (Wildman–Crippen LogP) is 4.51. The smallest absolute Gasteiger partial charge is 0.339 e. The first-order valence-electron chi connectivity index (χ1n) is 7.90. The van der Waals surface area contributed by atoms with Crippen molar-refractivity contribution in [2.45, 2.75) is 38.1 Å². The zero-order valence-electron chi connectivity index (χ0n) is 14.6. The number of halogens is 1. The van der Waals surface area contributed by atoms with E-state index in [1.54, 1.807) is 12.1 Å². The average Bonchev–Trinajstić information content (AvgIpc) is 2.48. The van der Waals surface area contributed by atoms with E-state index in [1.165, 1.54) is 24.3 Å². The lowest BCUT2D eigenvalue weighted by Crippen LogP contribution is -2.31. The lowest BCUT2D eigenvalue weighted by molar-refractivity contribution is 0.461. The molecule has 132 valence electrons. The van der Waals surface area contributed by atoms with Crippen molar-refractivity contribution >= 4 is 21.4 Å². The molecule has 0 atom stereocenters. The highest BCUT2D eigenvalue weighted by molar-refractivity contribution is 7.87. The molecule has 0 aromatic heterocycles. The van der Waals surface area contributed by atoms with Gasteiger partial charge in [-0.15, -0.1) is 0 Å². The van der Waals surface area contributed by atoms with Crippen LogP contribution in [0.25, 0.3) is 5.57 Å². The number of benzene rings is 2. The summed E-state index contributed by atoms with van der Waals surface area (Å²) >= 11 is 0. The average molecular weight is 361 g/mol. The van der Waals surface area contributed by atoms with E-state index in [2.05, 4.69) is 5.32 Å². The number of hydrogen-bond acceptors (Lipinski definition) is 4. The quantitative estimate of drug-likeness (QED) is 0.817. The van der Waals surface area contributed by atoms with Crippen LogP contribution in [-0.4, -0.2) is 14.0 Å². The van der Waals surface area contributed by atoms with Crippen molar-refractivity contribution in [1.82, 2.24) is 0 Å². The van der Waals surface area contributed by atoms with Gasteiger partial charge in [0.05, 0.1) is 5.54 Å². The van der Waals surface area contributed by atoms with Crippen molar-refractivity contribution in [3.63, 3.8) is 0 Å². The lowest BCUT2D eigenvalue weighted by atomic mass is 9.91. The lowest BCUT2D eigenvalue weighted by Gasteiger charge is -2.31. The van der Waals surface area contributed by atoms with Crippen LogP contribution in [0.2, 0.25) is 0 Å². The zero-order valence-corrected chi connectivity index (χ0v) is 15.4. The molecule has 0 unspecified atom stereocenters. The Bertz CT molecular complexity index is 961. The first-order chi connectivity index (χ1) is 11.6. The van der Waals surface area contributed by atoms with Gasteiger partial charge in [-0.3, -0.25) is 0 Å². The monoisotopic (exact) mass is 361 g/mol. The summed E-state index contributed by atoms with van der Waals surface area (Å²) in [6.07, 6.45) is 2.01. The Labute approximate surface area is 147 Å². The van der Waals surface area contributed by atoms with Crippen LogP contribution < -0.4 is 9.50 Å². The van der Waals surface area contributed by atoms with Crippen LogP contribution in [0.15, 0.2) is 47.4 Å². The summed E-state index contributed by atoms with van der Waals surface area (Å²) < 4.78 is 44.3. The third-order valence-electron chi connectivity index (χ3n) is 4.04. The molecule has 2 aromatic rings. The van der Waals surface area contributed by atoms with E-state index in [0.717, 1.165) is 16.7 Å². The number of aryl methyl sites for hydroxylation is 1. The fraction of sp³-hybridized carbons (Fsp3) is 0.263. The Morgan fingerprint density at radius 2 is 1.72 bits per heavy atom. The molecule has 1 aliphatic heterocycles. The fourth-order valence-corrected chi connectivity index (χ4v) is 3.85. The number of hydrogen-bond donors (Lipinski definition) is 1. The first kappa shape index (κ1) is 17.5. The first-order valence-corrected chi connectivity index (χ1v) is 9.31. The Morgan fingerprint density at radius 3 is 2.36 bits per heavy atom.